The van der Waals surface area contributed by atoms with Crippen LogP contribution in [0, 0.1) is 0 Å². The molecule has 4 N–H and O–H groups in total. The zero-order valence-electron chi connectivity index (χ0n) is 7.51. The van der Waals surface area contributed by atoms with Crippen LogP contribution in [0.4, 0.5) is 5.69 Å². The summed E-state index contributed by atoms with van der Waals surface area (Å²) in [5.74, 6) is -0.0308. The van der Waals surface area contributed by atoms with Gasteiger partial charge >= 0.3 is 0 Å². The largest absolute Gasteiger partial charge is 0.399 e. The van der Waals surface area contributed by atoms with E-state index in [0.717, 1.165) is 5.56 Å². The Morgan fingerprint density at radius 1 is 1.14 bits per heavy atom. The molecule has 1 aromatic rings. The molecule has 0 radical (unpaired) electrons. The number of rotatable bonds is 3. The molecule has 0 aliphatic carbocycles. The summed E-state index contributed by atoms with van der Waals surface area (Å²) in [4.78, 5) is 0. The lowest BCUT2D eigenvalue weighted by Crippen LogP contribution is -2.17. The van der Waals surface area contributed by atoms with Crippen LogP contribution in [0.25, 0.3) is 0 Å². The van der Waals surface area contributed by atoms with E-state index < -0.39 is 10.0 Å². The van der Waals surface area contributed by atoms with E-state index in [2.05, 4.69) is 0 Å². The number of benzene rings is 1. The first-order valence-corrected chi connectivity index (χ1v) is 5.54. The Morgan fingerprint density at radius 2 is 1.64 bits per heavy atom. The number of aryl methyl sites for hydroxylation is 1. The topological polar surface area (TPSA) is 86.2 Å². The average molecular weight is 237 g/mol. The van der Waals surface area contributed by atoms with E-state index in [0.29, 0.717) is 12.1 Å². The van der Waals surface area contributed by atoms with Crippen molar-refractivity contribution in [2.24, 2.45) is 5.14 Å². The minimum atomic E-state index is -3.36. The molecule has 14 heavy (non-hydrogen) atoms. The van der Waals surface area contributed by atoms with E-state index in [1.54, 1.807) is 24.3 Å². The van der Waals surface area contributed by atoms with Crippen LogP contribution in [0.5, 0.6) is 0 Å². The quantitative estimate of drug-likeness (QED) is 0.751. The Balaban J connectivity index is 0.00000169. The molecule has 0 heterocycles. The van der Waals surface area contributed by atoms with Crippen LogP contribution in [0.1, 0.15) is 5.56 Å². The molecule has 6 heteroatoms. The summed E-state index contributed by atoms with van der Waals surface area (Å²) < 4.78 is 21.2. The molecular formula is C8H13ClN2O2S. The molecule has 0 amide bonds. The van der Waals surface area contributed by atoms with Crippen LogP contribution in [0.15, 0.2) is 24.3 Å². The smallest absolute Gasteiger partial charge is 0.209 e. The minimum Gasteiger partial charge on any atom is -0.399 e. The fourth-order valence-corrected chi connectivity index (χ4v) is 1.46. The zero-order chi connectivity index (χ0) is 9.90. The van der Waals surface area contributed by atoms with Gasteiger partial charge in [0.05, 0.1) is 5.75 Å². The second-order valence-electron chi connectivity index (χ2n) is 2.86. The van der Waals surface area contributed by atoms with Crippen LogP contribution in [0.2, 0.25) is 0 Å². The van der Waals surface area contributed by atoms with Crippen molar-refractivity contribution in [1.82, 2.24) is 0 Å². The summed E-state index contributed by atoms with van der Waals surface area (Å²) in [6.07, 6.45) is 0.430. The van der Waals surface area contributed by atoms with Crippen LogP contribution < -0.4 is 10.9 Å². The SMILES string of the molecule is Cl.Nc1ccc(CCS(N)(=O)=O)cc1. The number of nitrogens with two attached hydrogens (primary N) is 2. The van der Waals surface area contributed by atoms with E-state index in [-0.39, 0.29) is 18.2 Å². The van der Waals surface area contributed by atoms with Crippen molar-refractivity contribution in [3.63, 3.8) is 0 Å². The predicted octanol–water partition coefficient (Wildman–Crippen LogP) is 0.522. The van der Waals surface area contributed by atoms with Crippen molar-refractivity contribution in [1.29, 1.82) is 0 Å². The standard InChI is InChI=1S/C8H12N2O2S.ClH/c9-8-3-1-7(2-4-8)5-6-13(10,11)12;/h1-4H,5-6,9H2,(H2,10,11,12);1H. The second-order valence-corrected chi connectivity index (χ2v) is 4.59. The second kappa shape index (κ2) is 5.19. The van der Waals surface area contributed by atoms with Gasteiger partial charge in [-0.3, -0.25) is 0 Å². The molecule has 1 rings (SSSR count). The summed E-state index contributed by atoms with van der Waals surface area (Å²) in [7, 11) is -3.36. The first kappa shape index (κ1) is 13.2. The van der Waals surface area contributed by atoms with E-state index in [1.165, 1.54) is 0 Å². The summed E-state index contributed by atoms with van der Waals surface area (Å²) >= 11 is 0. The monoisotopic (exact) mass is 236 g/mol. The zero-order valence-corrected chi connectivity index (χ0v) is 9.14. The van der Waals surface area contributed by atoms with Crippen molar-refractivity contribution < 1.29 is 8.42 Å². The van der Waals surface area contributed by atoms with Crippen molar-refractivity contribution in [2.75, 3.05) is 11.5 Å². The van der Waals surface area contributed by atoms with E-state index >= 15 is 0 Å². The van der Waals surface area contributed by atoms with Crippen molar-refractivity contribution >= 4 is 28.1 Å². The third-order valence-electron chi connectivity index (χ3n) is 1.65. The number of hydrogen-bond donors (Lipinski definition) is 2. The molecule has 1 aromatic carbocycles. The molecule has 0 fully saturated rings. The number of anilines is 1. The minimum absolute atomic E-state index is 0. The van der Waals surface area contributed by atoms with Crippen LogP contribution in [0.3, 0.4) is 0 Å². The molecule has 0 aromatic heterocycles. The lowest BCUT2D eigenvalue weighted by atomic mass is 10.2. The Kier molecular flexibility index (Phi) is 4.90. The van der Waals surface area contributed by atoms with Crippen molar-refractivity contribution in [3.05, 3.63) is 29.8 Å². The van der Waals surface area contributed by atoms with Gasteiger partial charge in [0.2, 0.25) is 10.0 Å². The molecule has 0 saturated heterocycles. The lowest BCUT2D eigenvalue weighted by molar-refractivity contribution is 0.597. The first-order valence-electron chi connectivity index (χ1n) is 3.82. The molecule has 0 aliphatic rings. The third-order valence-corrected chi connectivity index (χ3v) is 2.43. The highest BCUT2D eigenvalue weighted by Crippen LogP contribution is 2.06. The van der Waals surface area contributed by atoms with E-state index in [9.17, 15) is 8.42 Å². The maximum atomic E-state index is 10.6. The third kappa shape index (κ3) is 5.06. The van der Waals surface area contributed by atoms with Crippen LogP contribution >= 0.6 is 12.4 Å². The van der Waals surface area contributed by atoms with Crippen molar-refractivity contribution in [2.45, 2.75) is 6.42 Å². The molecule has 0 saturated carbocycles. The van der Waals surface area contributed by atoms with Crippen LogP contribution in [-0.2, 0) is 16.4 Å². The van der Waals surface area contributed by atoms with Gasteiger partial charge in [0.25, 0.3) is 0 Å². The van der Waals surface area contributed by atoms with Gasteiger partial charge in [-0.2, -0.15) is 0 Å². The molecule has 0 bridgehead atoms. The number of sulfonamides is 1. The molecule has 80 valence electrons. The van der Waals surface area contributed by atoms with Crippen molar-refractivity contribution in [3.8, 4) is 0 Å². The molecule has 0 spiro atoms. The fourth-order valence-electron chi connectivity index (χ4n) is 0.944. The Labute approximate surface area is 89.8 Å². The Hall–Kier alpha value is -0.780. The number of halogens is 1. The highest BCUT2D eigenvalue weighted by Gasteiger charge is 2.02. The molecule has 0 unspecified atom stereocenters. The van der Waals surface area contributed by atoms with E-state index in [1.807, 2.05) is 0 Å². The van der Waals surface area contributed by atoms with Crippen LogP contribution in [-0.4, -0.2) is 14.2 Å². The van der Waals surface area contributed by atoms with Gasteiger partial charge in [0.15, 0.2) is 0 Å². The summed E-state index contributed by atoms with van der Waals surface area (Å²) in [5.41, 5.74) is 7.05. The van der Waals surface area contributed by atoms with Gasteiger partial charge in [-0.1, -0.05) is 12.1 Å². The van der Waals surface area contributed by atoms with Gasteiger partial charge in [0.1, 0.15) is 0 Å². The summed E-state index contributed by atoms with van der Waals surface area (Å²) in [5, 5.41) is 4.86. The Morgan fingerprint density at radius 3 is 2.07 bits per heavy atom. The van der Waals surface area contributed by atoms with Gasteiger partial charge in [-0.05, 0) is 24.1 Å². The lowest BCUT2D eigenvalue weighted by Gasteiger charge is -2.00. The predicted molar refractivity (Wildman–Crippen MR) is 59.8 cm³/mol. The highest BCUT2D eigenvalue weighted by molar-refractivity contribution is 7.89. The van der Waals surface area contributed by atoms with Gasteiger partial charge in [0, 0.05) is 5.69 Å². The number of hydrogen-bond acceptors (Lipinski definition) is 3. The van der Waals surface area contributed by atoms with E-state index in [4.69, 9.17) is 10.9 Å². The maximum absolute atomic E-state index is 10.6. The molecule has 0 atom stereocenters. The van der Waals surface area contributed by atoms with Gasteiger partial charge in [-0.15, -0.1) is 12.4 Å². The maximum Gasteiger partial charge on any atom is 0.209 e. The molecule has 4 nitrogen and oxygen atoms in total. The summed E-state index contributed by atoms with van der Waals surface area (Å²) in [6, 6.07) is 7.05. The highest BCUT2D eigenvalue weighted by atomic mass is 35.5. The number of nitrogen functional groups attached to an aromatic ring is 1. The van der Waals surface area contributed by atoms with Gasteiger partial charge < -0.3 is 5.73 Å². The van der Waals surface area contributed by atoms with Gasteiger partial charge in [-0.25, -0.2) is 13.6 Å². The molecular weight excluding hydrogens is 224 g/mol. The Bertz CT molecular complexity index is 375. The first-order chi connectivity index (χ1) is 5.97. The summed E-state index contributed by atoms with van der Waals surface area (Å²) in [6.45, 7) is 0. The molecule has 0 aliphatic heterocycles. The average Bonchev–Trinajstić information content (AvgIpc) is 2.02. The normalized spacial score (nSPS) is 10.6. The fraction of sp³-hybridized carbons (Fsp3) is 0.250. The number of primary sulfonamides is 1.